The Hall–Kier alpha value is 1.11. The van der Waals surface area contributed by atoms with Crippen molar-refractivity contribution >= 4 is 7.37 Å². The molecule has 0 fully saturated rings. The number of aliphatic hydroxyl groups excluding tert-OH is 2. The van der Waals surface area contributed by atoms with Crippen molar-refractivity contribution in [2.45, 2.75) is 38.4 Å². The van der Waals surface area contributed by atoms with Gasteiger partial charge in [0, 0.05) is 0 Å². The van der Waals surface area contributed by atoms with Gasteiger partial charge < -0.3 is 19.7 Å². The molecule has 0 aliphatic rings. The second-order valence-corrected chi connectivity index (χ2v) is 4.91. The van der Waals surface area contributed by atoms with Crippen molar-refractivity contribution in [3.05, 3.63) is 0 Å². The molecule has 0 rings (SSSR count). The summed E-state index contributed by atoms with van der Waals surface area (Å²) in [4.78, 5) is 11.0. The van der Waals surface area contributed by atoms with Crippen LogP contribution in [0, 0.1) is 0 Å². The number of hydrogen-bond donors (Lipinski definition) is 2. The molecule has 0 radical (unpaired) electrons. The summed E-state index contributed by atoms with van der Waals surface area (Å²) in [5.41, 5.74) is 0. The third-order valence-electron chi connectivity index (χ3n) is 1.56. The van der Waals surface area contributed by atoms with Gasteiger partial charge in [0.25, 0.3) is 0 Å². The first-order valence-electron chi connectivity index (χ1n) is 3.63. The molecule has 2 N–H and O–H groups in total. The van der Waals surface area contributed by atoms with Crippen LogP contribution in [0.15, 0.2) is 0 Å². The minimum absolute atomic E-state index is 0. The summed E-state index contributed by atoms with van der Waals surface area (Å²) < 4.78 is 11.0. The molecular weight excluding hydrogens is 190 g/mol. The van der Waals surface area contributed by atoms with Gasteiger partial charge in [0.1, 0.15) is 0 Å². The molecular formula is C6H14NaO4P. The average Bonchev–Trinajstić information content (AvgIpc) is 2.01. The molecule has 12 heavy (non-hydrogen) atoms. The first-order valence-corrected chi connectivity index (χ1v) is 5.39. The quantitative estimate of drug-likeness (QED) is 0.380. The summed E-state index contributed by atoms with van der Waals surface area (Å²) in [7, 11) is -4.01. The van der Waals surface area contributed by atoms with Gasteiger partial charge in [-0.05, 0) is 12.8 Å². The number of aliphatic hydroxyl groups is 2. The zero-order valence-corrected chi connectivity index (χ0v) is 10.6. The number of hydrogen-bond acceptors (Lipinski definition) is 4. The Bertz CT molecular complexity index is 150. The molecule has 2 unspecified atom stereocenters. The molecule has 0 aliphatic carbocycles. The third-order valence-corrected chi connectivity index (χ3v) is 3.95. The van der Waals surface area contributed by atoms with E-state index in [1.54, 1.807) is 13.8 Å². The van der Waals surface area contributed by atoms with Crippen LogP contribution in [-0.4, -0.2) is 21.9 Å². The van der Waals surface area contributed by atoms with E-state index in [0.717, 1.165) is 0 Å². The van der Waals surface area contributed by atoms with E-state index in [1.807, 2.05) is 0 Å². The molecule has 0 aromatic heterocycles. The molecule has 0 saturated carbocycles. The molecule has 68 valence electrons. The fraction of sp³-hybridized carbons (Fsp3) is 1.00. The molecule has 0 aromatic carbocycles. The molecule has 0 spiro atoms. The van der Waals surface area contributed by atoms with E-state index < -0.39 is 19.1 Å². The Balaban J connectivity index is 0. The van der Waals surface area contributed by atoms with Gasteiger partial charge in [0.05, 0.1) is 19.1 Å². The largest absolute Gasteiger partial charge is 1.00 e. The van der Waals surface area contributed by atoms with Gasteiger partial charge in [-0.15, -0.1) is 0 Å². The van der Waals surface area contributed by atoms with Crippen LogP contribution in [0.5, 0.6) is 0 Å². The summed E-state index contributed by atoms with van der Waals surface area (Å²) >= 11 is 0. The van der Waals surface area contributed by atoms with Crippen LogP contribution in [0.25, 0.3) is 0 Å². The third kappa shape index (κ3) is 3.88. The SMILES string of the molecule is CCC(O)P(=O)([O-])C(O)CC.[Na+]. The van der Waals surface area contributed by atoms with E-state index in [-0.39, 0.29) is 42.4 Å². The molecule has 0 saturated heterocycles. The number of rotatable bonds is 4. The molecule has 0 heterocycles. The van der Waals surface area contributed by atoms with Crippen LogP contribution in [0.3, 0.4) is 0 Å². The Labute approximate surface area is 94.7 Å². The Morgan fingerprint density at radius 3 is 1.67 bits per heavy atom. The maximum Gasteiger partial charge on any atom is 1.00 e. The summed E-state index contributed by atoms with van der Waals surface area (Å²) in [6.07, 6.45) is 0.246. The fourth-order valence-corrected chi connectivity index (χ4v) is 2.12. The molecule has 2 atom stereocenters. The van der Waals surface area contributed by atoms with E-state index in [4.69, 9.17) is 10.2 Å². The minimum atomic E-state index is -4.01. The maximum absolute atomic E-state index is 11.0. The van der Waals surface area contributed by atoms with Gasteiger partial charge in [-0.1, -0.05) is 13.8 Å². The van der Waals surface area contributed by atoms with E-state index >= 15 is 0 Å². The zero-order valence-electron chi connectivity index (χ0n) is 7.73. The first kappa shape index (κ1) is 15.6. The van der Waals surface area contributed by atoms with Gasteiger partial charge in [-0.2, -0.15) is 0 Å². The van der Waals surface area contributed by atoms with Crippen LogP contribution in [0.2, 0.25) is 0 Å². The Morgan fingerprint density at radius 1 is 1.25 bits per heavy atom. The van der Waals surface area contributed by atoms with Gasteiger partial charge >= 0.3 is 29.6 Å². The van der Waals surface area contributed by atoms with Crippen LogP contribution >= 0.6 is 7.37 Å². The topological polar surface area (TPSA) is 80.6 Å². The Kier molecular flexibility index (Phi) is 8.50. The average molecular weight is 204 g/mol. The van der Waals surface area contributed by atoms with Crippen molar-refractivity contribution in [1.29, 1.82) is 0 Å². The van der Waals surface area contributed by atoms with Crippen LogP contribution < -0.4 is 34.5 Å². The van der Waals surface area contributed by atoms with Crippen molar-refractivity contribution in [2.24, 2.45) is 0 Å². The first-order chi connectivity index (χ1) is 4.96. The second-order valence-electron chi connectivity index (χ2n) is 2.42. The van der Waals surface area contributed by atoms with Crippen molar-refractivity contribution < 1.29 is 49.2 Å². The van der Waals surface area contributed by atoms with E-state index in [1.165, 1.54) is 0 Å². The Morgan fingerprint density at radius 2 is 1.50 bits per heavy atom. The molecule has 4 nitrogen and oxygen atoms in total. The monoisotopic (exact) mass is 204 g/mol. The van der Waals surface area contributed by atoms with Gasteiger partial charge in [-0.3, -0.25) is 0 Å². The zero-order chi connectivity index (χ0) is 9.07. The van der Waals surface area contributed by atoms with Crippen molar-refractivity contribution in [2.75, 3.05) is 0 Å². The molecule has 0 bridgehead atoms. The van der Waals surface area contributed by atoms with Gasteiger partial charge in [0.15, 0.2) is 0 Å². The standard InChI is InChI=1S/C6H15O4P.Na/c1-3-5(7)11(9,10)6(8)4-2;/h5-8H,3-4H2,1-2H3,(H,9,10);/q;+1/p-1. The van der Waals surface area contributed by atoms with E-state index in [9.17, 15) is 9.46 Å². The summed E-state index contributed by atoms with van der Waals surface area (Å²) in [5, 5.41) is 17.9. The van der Waals surface area contributed by atoms with Crippen LogP contribution in [0.1, 0.15) is 26.7 Å². The van der Waals surface area contributed by atoms with E-state index in [0.29, 0.717) is 0 Å². The predicted molar refractivity (Wildman–Crippen MR) is 40.2 cm³/mol. The molecule has 0 aliphatic heterocycles. The molecule has 0 aromatic rings. The fourth-order valence-electron chi connectivity index (χ4n) is 0.708. The molecule has 6 heteroatoms. The van der Waals surface area contributed by atoms with Gasteiger partial charge in [0.2, 0.25) is 0 Å². The van der Waals surface area contributed by atoms with E-state index in [2.05, 4.69) is 0 Å². The van der Waals surface area contributed by atoms with Crippen LogP contribution in [-0.2, 0) is 4.57 Å². The summed E-state index contributed by atoms with van der Waals surface area (Å²) in [6.45, 7) is 3.11. The predicted octanol–water partition coefficient (Wildman–Crippen LogP) is -2.91. The van der Waals surface area contributed by atoms with Crippen LogP contribution in [0.4, 0.5) is 0 Å². The second kappa shape index (κ2) is 6.55. The summed E-state index contributed by atoms with van der Waals surface area (Å²) in [5.74, 6) is -2.81. The molecule has 0 amide bonds. The summed E-state index contributed by atoms with van der Waals surface area (Å²) in [6, 6.07) is 0. The van der Waals surface area contributed by atoms with Crippen molar-refractivity contribution in [3.8, 4) is 0 Å². The van der Waals surface area contributed by atoms with Crippen molar-refractivity contribution in [1.82, 2.24) is 0 Å². The normalized spacial score (nSPS) is 20.4. The minimum Gasteiger partial charge on any atom is -0.796 e. The van der Waals surface area contributed by atoms with Gasteiger partial charge in [-0.25, -0.2) is 0 Å². The van der Waals surface area contributed by atoms with Crippen molar-refractivity contribution in [3.63, 3.8) is 0 Å². The smallest absolute Gasteiger partial charge is 0.796 e. The maximum atomic E-state index is 11.0.